The van der Waals surface area contributed by atoms with E-state index in [-0.39, 0.29) is 0 Å². The quantitative estimate of drug-likeness (QED) is 0.614. The third kappa shape index (κ3) is 3.14. The molecule has 0 aromatic heterocycles. The van der Waals surface area contributed by atoms with Crippen molar-refractivity contribution in [1.29, 1.82) is 0 Å². The molecule has 2 unspecified atom stereocenters. The van der Waals surface area contributed by atoms with Gasteiger partial charge < -0.3 is 4.90 Å². The van der Waals surface area contributed by atoms with Crippen molar-refractivity contribution in [2.75, 3.05) is 7.05 Å². The summed E-state index contributed by atoms with van der Waals surface area (Å²) in [7, 11) is 2.24. The SMILES string of the molecule is CCC(C)C(CC)N(C)C(C)C. The molecule has 0 bridgehead atoms. The van der Waals surface area contributed by atoms with Gasteiger partial charge >= 0.3 is 0 Å². The first-order valence-corrected chi connectivity index (χ1v) is 5.26. The average molecular weight is 171 g/mol. The third-order valence-corrected chi connectivity index (χ3v) is 3.06. The lowest BCUT2D eigenvalue weighted by atomic mass is 9.95. The fraction of sp³-hybridized carbons (Fsp3) is 1.00. The van der Waals surface area contributed by atoms with E-state index in [1.165, 1.54) is 12.8 Å². The molecule has 1 nitrogen and oxygen atoms in total. The Labute approximate surface area is 78.1 Å². The van der Waals surface area contributed by atoms with E-state index in [9.17, 15) is 0 Å². The van der Waals surface area contributed by atoms with Crippen molar-refractivity contribution >= 4 is 0 Å². The minimum absolute atomic E-state index is 0.670. The largest absolute Gasteiger partial charge is 0.301 e. The molecule has 0 aromatic carbocycles. The summed E-state index contributed by atoms with van der Waals surface area (Å²) in [4.78, 5) is 2.49. The lowest BCUT2D eigenvalue weighted by Crippen LogP contribution is -2.40. The predicted molar refractivity (Wildman–Crippen MR) is 56.4 cm³/mol. The second-order valence-electron chi connectivity index (χ2n) is 4.12. The van der Waals surface area contributed by atoms with Gasteiger partial charge in [-0.15, -0.1) is 0 Å². The Kier molecular flexibility index (Phi) is 5.56. The van der Waals surface area contributed by atoms with Gasteiger partial charge in [-0.05, 0) is 33.2 Å². The summed E-state index contributed by atoms with van der Waals surface area (Å²) >= 11 is 0. The van der Waals surface area contributed by atoms with Crippen molar-refractivity contribution in [2.45, 2.75) is 59.5 Å². The highest BCUT2D eigenvalue weighted by atomic mass is 15.1. The van der Waals surface area contributed by atoms with Gasteiger partial charge in [-0.25, -0.2) is 0 Å². The van der Waals surface area contributed by atoms with Gasteiger partial charge in [-0.3, -0.25) is 0 Å². The van der Waals surface area contributed by atoms with E-state index in [0.717, 1.165) is 12.0 Å². The first-order chi connectivity index (χ1) is 5.54. The highest BCUT2D eigenvalue weighted by Gasteiger charge is 2.19. The van der Waals surface area contributed by atoms with Gasteiger partial charge in [0, 0.05) is 12.1 Å². The van der Waals surface area contributed by atoms with Crippen LogP contribution in [0.5, 0.6) is 0 Å². The molecule has 0 aliphatic rings. The fourth-order valence-electron chi connectivity index (χ4n) is 1.75. The van der Waals surface area contributed by atoms with Crippen LogP contribution in [0.4, 0.5) is 0 Å². The van der Waals surface area contributed by atoms with Crippen LogP contribution < -0.4 is 0 Å². The maximum Gasteiger partial charge on any atom is 0.0118 e. The molecule has 0 N–H and O–H groups in total. The van der Waals surface area contributed by atoms with Gasteiger partial charge in [0.1, 0.15) is 0 Å². The van der Waals surface area contributed by atoms with Gasteiger partial charge in [0.15, 0.2) is 0 Å². The summed E-state index contributed by atoms with van der Waals surface area (Å²) in [6.07, 6.45) is 2.55. The molecule has 0 rings (SSSR count). The number of hydrogen-bond donors (Lipinski definition) is 0. The van der Waals surface area contributed by atoms with Gasteiger partial charge in [0.05, 0.1) is 0 Å². The summed E-state index contributed by atoms with van der Waals surface area (Å²) in [6.45, 7) is 11.5. The van der Waals surface area contributed by atoms with Crippen molar-refractivity contribution in [2.24, 2.45) is 5.92 Å². The monoisotopic (exact) mass is 171 g/mol. The van der Waals surface area contributed by atoms with E-state index in [2.05, 4.69) is 46.6 Å². The zero-order chi connectivity index (χ0) is 9.72. The maximum absolute atomic E-state index is 2.49. The number of rotatable bonds is 5. The molecular formula is C11H25N. The minimum Gasteiger partial charge on any atom is -0.301 e. The van der Waals surface area contributed by atoms with Crippen molar-refractivity contribution in [3.63, 3.8) is 0 Å². The standard InChI is InChI=1S/C11H25N/c1-7-10(5)11(8-2)12(6)9(3)4/h9-11H,7-8H2,1-6H3. The Bertz CT molecular complexity index is 110. The van der Waals surface area contributed by atoms with Crippen LogP contribution in [0, 0.1) is 5.92 Å². The Morgan fingerprint density at radius 1 is 1.00 bits per heavy atom. The topological polar surface area (TPSA) is 3.24 Å². The average Bonchev–Trinajstić information content (AvgIpc) is 2.05. The van der Waals surface area contributed by atoms with Crippen molar-refractivity contribution in [3.8, 4) is 0 Å². The van der Waals surface area contributed by atoms with E-state index < -0.39 is 0 Å². The molecule has 74 valence electrons. The molecule has 0 fully saturated rings. The van der Waals surface area contributed by atoms with Gasteiger partial charge in [-0.1, -0.05) is 27.2 Å². The highest BCUT2D eigenvalue weighted by Crippen LogP contribution is 2.18. The Balaban J connectivity index is 4.13. The Morgan fingerprint density at radius 3 is 1.75 bits per heavy atom. The lowest BCUT2D eigenvalue weighted by Gasteiger charge is -2.34. The van der Waals surface area contributed by atoms with Crippen molar-refractivity contribution in [1.82, 2.24) is 4.90 Å². The van der Waals surface area contributed by atoms with Crippen LogP contribution in [0.2, 0.25) is 0 Å². The molecule has 0 saturated carbocycles. The van der Waals surface area contributed by atoms with Crippen LogP contribution >= 0.6 is 0 Å². The smallest absolute Gasteiger partial charge is 0.0118 e. The second kappa shape index (κ2) is 5.58. The first-order valence-electron chi connectivity index (χ1n) is 5.26. The number of nitrogens with zero attached hydrogens (tertiary/aromatic N) is 1. The molecule has 12 heavy (non-hydrogen) atoms. The second-order valence-corrected chi connectivity index (χ2v) is 4.12. The summed E-state index contributed by atoms with van der Waals surface area (Å²) < 4.78 is 0. The Hall–Kier alpha value is -0.0400. The van der Waals surface area contributed by atoms with E-state index in [1.807, 2.05) is 0 Å². The van der Waals surface area contributed by atoms with E-state index in [0.29, 0.717) is 6.04 Å². The highest BCUT2D eigenvalue weighted by molar-refractivity contribution is 4.74. The molecule has 0 aliphatic heterocycles. The van der Waals surface area contributed by atoms with E-state index in [4.69, 9.17) is 0 Å². The van der Waals surface area contributed by atoms with Crippen LogP contribution in [0.3, 0.4) is 0 Å². The summed E-state index contributed by atoms with van der Waals surface area (Å²) in [6, 6.07) is 1.43. The summed E-state index contributed by atoms with van der Waals surface area (Å²) in [5, 5.41) is 0. The van der Waals surface area contributed by atoms with E-state index >= 15 is 0 Å². The molecule has 0 heterocycles. The zero-order valence-electron chi connectivity index (χ0n) is 9.59. The predicted octanol–water partition coefficient (Wildman–Crippen LogP) is 3.15. The molecule has 0 aliphatic carbocycles. The molecule has 0 amide bonds. The van der Waals surface area contributed by atoms with Crippen LogP contribution in [0.1, 0.15) is 47.5 Å². The van der Waals surface area contributed by atoms with E-state index in [1.54, 1.807) is 0 Å². The molecule has 0 spiro atoms. The molecule has 2 atom stereocenters. The summed E-state index contributed by atoms with van der Waals surface area (Å²) in [5.74, 6) is 0.822. The third-order valence-electron chi connectivity index (χ3n) is 3.06. The van der Waals surface area contributed by atoms with Crippen molar-refractivity contribution in [3.05, 3.63) is 0 Å². The van der Waals surface area contributed by atoms with Gasteiger partial charge in [-0.2, -0.15) is 0 Å². The maximum atomic E-state index is 2.49. The lowest BCUT2D eigenvalue weighted by molar-refractivity contribution is 0.139. The summed E-state index contributed by atoms with van der Waals surface area (Å²) in [5.41, 5.74) is 0. The fourth-order valence-corrected chi connectivity index (χ4v) is 1.75. The molecule has 0 aromatic rings. The first kappa shape index (κ1) is 12.0. The van der Waals surface area contributed by atoms with Crippen LogP contribution in [-0.2, 0) is 0 Å². The Morgan fingerprint density at radius 2 is 1.50 bits per heavy atom. The van der Waals surface area contributed by atoms with Crippen LogP contribution in [0.25, 0.3) is 0 Å². The van der Waals surface area contributed by atoms with Crippen LogP contribution in [0.15, 0.2) is 0 Å². The van der Waals surface area contributed by atoms with Gasteiger partial charge in [0.2, 0.25) is 0 Å². The van der Waals surface area contributed by atoms with Crippen molar-refractivity contribution < 1.29 is 0 Å². The minimum atomic E-state index is 0.670. The molecular weight excluding hydrogens is 146 g/mol. The molecule has 0 saturated heterocycles. The molecule has 1 heteroatoms. The number of hydrogen-bond acceptors (Lipinski definition) is 1. The van der Waals surface area contributed by atoms with Crippen LogP contribution in [-0.4, -0.2) is 24.0 Å². The molecule has 0 radical (unpaired) electrons. The zero-order valence-corrected chi connectivity index (χ0v) is 9.59. The normalized spacial score (nSPS) is 17.0. The van der Waals surface area contributed by atoms with Gasteiger partial charge in [0.25, 0.3) is 0 Å².